The quantitative estimate of drug-likeness (QED) is 0.477. The molecule has 25 heavy (non-hydrogen) atoms. The molecule has 0 nitrogen and oxygen atoms in total. The zero-order chi connectivity index (χ0) is 18.4. The second kappa shape index (κ2) is 16.7. The average molecular weight is 346 g/mol. The second-order valence-corrected chi connectivity index (χ2v) is 7.12. The Morgan fingerprint density at radius 2 is 1.28 bits per heavy atom. The van der Waals surface area contributed by atoms with E-state index in [-0.39, 0.29) is 7.43 Å². The Labute approximate surface area is 161 Å². The van der Waals surface area contributed by atoms with Crippen molar-refractivity contribution in [1.82, 2.24) is 0 Å². The monoisotopic (exact) mass is 346 g/mol. The van der Waals surface area contributed by atoms with E-state index in [9.17, 15) is 0 Å². The molecule has 2 atom stereocenters. The Kier molecular flexibility index (Phi) is 17.8. The van der Waals surface area contributed by atoms with Crippen molar-refractivity contribution in [2.24, 2.45) is 17.8 Å². The number of hydrogen-bond acceptors (Lipinski definition) is 0. The van der Waals surface area contributed by atoms with Crippen LogP contribution in [0.3, 0.4) is 0 Å². The predicted molar refractivity (Wildman–Crippen MR) is 121 cm³/mol. The van der Waals surface area contributed by atoms with Gasteiger partial charge in [0.15, 0.2) is 6.71 Å². The zero-order valence-corrected chi connectivity index (χ0v) is 17.6. The van der Waals surface area contributed by atoms with Gasteiger partial charge in [0, 0.05) is 0 Å². The van der Waals surface area contributed by atoms with Gasteiger partial charge in [0.1, 0.15) is 0 Å². The summed E-state index contributed by atoms with van der Waals surface area (Å²) in [4.78, 5) is 0. The molecule has 2 saturated carbocycles. The summed E-state index contributed by atoms with van der Waals surface area (Å²) in [5.41, 5.74) is 1.41. The van der Waals surface area contributed by atoms with E-state index in [1.165, 1.54) is 24.7 Å². The van der Waals surface area contributed by atoms with Crippen LogP contribution in [-0.2, 0) is 0 Å². The SMILES string of the molecule is C.CB(C)c1ccccc1.CC.CC.CCC1CC2CCCCC2C1. The molecule has 3 rings (SSSR count). The van der Waals surface area contributed by atoms with Crippen LogP contribution in [0.1, 0.15) is 87.0 Å². The molecule has 0 spiro atoms. The highest BCUT2D eigenvalue weighted by molar-refractivity contribution is 6.70. The maximum atomic E-state index is 2.36. The Hall–Kier alpha value is -0.715. The minimum absolute atomic E-state index is 0. The highest BCUT2D eigenvalue weighted by atomic mass is 14.4. The molecule has 2 aliphatic rings. The van der Waals surface area contributed by atoms with Crippen LogP contribution in [0, 0.1) is 17.8 Å². The summed E-state index contributed by atoms with van der Waals surface area (Å²) in [5, 5.41) is 0. The maximum Gasteiger partial charge on any atom is 0.169 e. The molecule has 0 saturated heterocycles. The lowest BCUT2D eigenvalue weighted by molar-refractivity contribution is 0.277. The highest BCUT2D eigenvalue weighted by Crippen LogP contribution is 2.45. The summed E-state index contributed by atoms with van der Waals surface area (Å²) in [7, 11) is 0. The Morgan fingerprint density at radius 3 is 1.60 bits per heavy atom. The Morgan fingerprint density at radius 1 is 0.840 bits per heavy atom. The number of fused-ring (bicyclic) bond motifs is 1. The fourth-order valence-electron chi connectivity index (χ4n) is 4.03. The van der Waals surface area contributed by atoms with Crippen molar-refractivity contribution in [2.45, 2.75) is 101 Å². The van der Waals surface area contributed by atoms with Crippen LogP contribution < -0.4 is 5.46 Å². The largest absolute Gasteiger partial charge is 0.169 e. The van der Waals surface area contributed by atoms with Gasteiger partial charge < -0.3 is 0 Å². The first kappa shape index (κ1) is 26.5. The third-order valence-corrected chi connectivity index (χ3v) is 5.38. The van der Waals surface area contributed by atoms with Gasteiger partial charge in [-0.05, 0) is 30.6 Å². The van der Waals surface area contributed by atoms with Gasteiger partial charge in [-0.25, -0.2) is 0 Å². The van der Waals surface area contributed by atoms with Crippen molar-refractivity contribution in [3.8, 4) is 0 Å². The lowest BCUT2D eigenvalue weighted by atomic mass is 9.49. The van der Waals surface area contributed by atoms with Gasteiger partial charge in [-0.1, -0.05) is 124 Å². The van der Waals surface area contributed by atoms with Gasteiger partial charge in [-0.3, -0.25) is 0 Å². The molecular formula is C24H47B. The van der Waals surface area contributed by atoms with E-state index in [1.807, 2.05) is 33.8 Å². The smallest absolute Gasteiger partial charge is 0.0819 e. The van der Waals surface area contributed by atoms with E-state index < -0.39 is 0 Å². The summed E-state index contributed by atoms with van der Waals surface area (Å²) in [6.45, 7) is 15.4. The van der Waals surface area contributed by atoms with Crippen LogP contribution in [0.2, 0.25) is 13.6 Å². The van der Waals surface area contributed by atoms with Gasteiger partial charge in [0.2, 0.25) is 0 Å². The number of benzene rings is 1. The molecule has 2 fully saturated rings. The van der Waals surface area contributed by atoms with E-state index in [0.717, 1.165) is 17.8 Å². The molecular weight excluding hydrogens is 299 g/mol. The van der Waals surface area contributed by atoms with Crippen LogP contribution in [0.15, 0.2) is 30.3 Å². The highest BCUT2D eigenvalue weighted by Gasteiger charge is 2.34. The Bertz CT molecular complexity index is 357. The van der Waals surface area contributed by atoms with E-state index in [1.54, 1.807) is 25.7 Å². The molecule has 0 amide bonds. The predicted octanol–water partition coefficient (Wildman–Crippen LogP) is 7.95. The van der Waals surface area contributed by atoms with Crippen LogP contribution in [0.5, 0.6) is 0 Å². The molecule has 0 heterocycles. The van der Waals surface area contributed by atoms with E-state index >= 15 is 0 Å². The number of rotatable bonds is 2. The van der Waals surface area contributed by atoms with Gasteiger partial charge in [-0.2, -0.15) is 0 Å². The Balaban J connectivity index is 0. The molecule has 0 aliphatic heterocycles. The van der Waals surface area contributed by atoms with E-state index in [4.69, 9.17) is 0 Å². The summed E-state index contributed by atoms with van der Waals surface area (Å²) in [5.74, 6) is 3.39. The molecule has 0 radical (unpaired) electrons. The summed E-state index contributed by atoms with van der Waals surface area (Å²) in [6, 6.07) is 10.5. The first-order valence-electron chi connectivity index (χ1n) is 10.8. The van der Waals surface area contributed by atoms with Crippen LogP contribution in [0.4, 0.5) is 0 Å². The van der Waals surface area contributed by atoms with E-state index in [0.29, 0.717) is 6.71 Å². The molecule has 1 aromatic carbocycles. The standard InChI is InChI=1S/C11H20.C8H11B.2C2H6.CH4/c1-2-9-7-10-5-3-4-6-11(10)8-9;1-9(2)8-6-4-3-5-7-8;2*1-2;/h9-11H,2-8H2,1H3;3-7H,1-2H3;2*1-2H3;1H4. The first-order chi connectivity index (χ1) is 11.7. The molecule has 2 unspecified atom stereocenters. The minimum atomic E-state index is 0. The third-order valence-electron chi connectivity index (χ3n) is 5.38. The lowest BCUT2D eigenvalue weighted by Gasteiger charge is -2.24. The van der Waals surface area contributed by atoms with Crippen molar-refractivity contribution in [2.75, 3.05) is 0 Å². The van der Waals surface area contributed by atoms with Crippen molar-refractivity contribution in [1.29, 1.82) is 0 Å². The van der Waals surface area contributed by atoms with Crippen molar-refractivity contribution >= 4 is 12.2 Å². The third kappa shape index (κ3) is 10.1. The molecule has 1 heteroatoms. The molecule has 0 aromatic heterocycles. The minimum Gasteiger partial charge on any atom is -0.0819 e. The van der Waals surface area contributed by atoms with Crippen molar-refractivity contribution < 1.29 is 0 Å². The zero-order valence-electron chi connectivity index (χ0n) is 17.6. The van der Waals surface area contributed by atoms with Crippen molar-refractivity contribution in [3.05, 3.63) is 30.3 Å². The maximum absolute atomic E-state index is 2.36. The molecule has 1 aromatic rings. The van der Waals surface area contributed by atoms with Crippen LogP contribution in [-0.4, -0.2) is 6.71 Å². The lowest BCUT2D eigenvalue weighted by Crippen LogP contribution is -2.21. The van der Waals surface area contributed by atoms with Gasteiger partial charge in [-0.15, -0.1) is 0 Å². The van der Waals surface area contributed by atoms with Crippen LogP contribution in [0.25, 0.3) is 0 Å². The van der Waals surface area contributed by atoms with Crippen molar-refractivity contribution in [3.63, 3.8) is 0 Å². The normalized spacial score (nSPS) is 23.1. The summed E-state index contributed by atoms with van der Waals surface area (Å²) < 4.78 is 0. The van der Waals surface area contributed by atoms with Gasteiger partial charge in [0.25, 0.3) is 0 Å². The van der Waals surface area contributed by atoms with Gasteiger partial charge in [0.05, 0.1) is 0 Å². The van der Waals surface area contributed by atoms with E-state index in [2.05, 4.69) is 44.8 Å². The molecule has 0 N–H and O–H groups in total. The fraction of sp³-hybridized carbons (Fsp3) is 0.750. The molecule has 0 bridgehead atoms. The average Bonchev–Trinajstić information content (AvgIpc) is 3.09. The molecule has 2 aliphatic carbocycles. The fourth-order valence-corrected chi connectivity index (χ4v) is 4.03. The topological polar surface area (TPSA) is 0 Å². The summed E-state index contributed by atoms with van der Waals surface area (Å²) in [6.07, 6.45) is 10.7. The molecule has 146 valence electrons. The summed E-state index contributed by atoms with van der Waals surface area (Å²) >= 11 is 0. The second-order valence-electron chi connectivity index (χ2n) is 7.12. The first-order valence-corrected chi connectivity index (χ1v) is 10.8. The van der Waals surface area contributed by atoms with Gasteiger partial charge >= 0.3 is 0 Å². The van der Waals surface area contributed by atoms with Crippen LogP contribution >= 0.6 is 0 Å². The number of hydrogen-bond donors (Lipinski definition) is 0.